The molecular formula is C59H42N2. The van der Waals surface area contributed by atoms with Crippen LogP contribution < -0.4 is 4.90 Å². The summed E-state index contributed by atoms with van der Waals surface area (Å²) in [7, 11) is 0. The number of para-hydroxylation sites is 2. The maximum atomic E-state index is 2.45. The van der Waals surface area contributed by atoms with Gasteiger partial charge < -0.3 is 9.47 Å². The number of hydrogen-bond donors (Lipinski definition) is 0. The fraction of sp³-hybridized carbons (Fsp3) is 0.0508. The van der Waals surface area contributed by atoms with Crippen molar-refractivity contribution in [2.24, 2.45) is 0 Å². The Kier molecular flexibility index (Phi) is 7.92. The van der Waals surface area contributed by atoms with Crippen molar-refractivity contribution in [1.29, 1.82) is 0 Å². The molecule has 2 heteroatoms. The van der Waals surface area contributed by atoms with Gasteiger partial charge in [0.2, 0.25) is 0 Å². The van der Waals surface area contributed by atoms with Gasteiger partial charge in [-0.2, -0.15) is 0 Å². The van der Waals surface area contributed by atoms with Crippen molar-refractivity contribution in [2.75, 3.05) is 4.90 Å². The predicted octanol–water partition coefficient (Wildman–Crippen LogP) is 16.2. The van der Waals surface area contributed by atoms with E-state index < -0.39 is 0 Å². The average Bonchev–Trinajstić information content (AvgIpc) is 3.76. The smallest absolute Gasteiger partial charge is 0.0541 e. The van der Waals surface area contributed by atoms with E-state index >= 15 is 0 Å². The highest BCUT2D eigenvalue weighted by Crippen LogP contribution is 2.52. The van der Waals surface area contributed by atoms with Gasteiger partial charge in [-0.05, 0) is 139 Å². The van der Waals surface area contributed by atoms with Crippen LogP contribution in [0.4, 0.5) is 17.1 Å². The Morgan fingerprint density at radius 1 is 0.344 bits per heavy atom. The summed E-state index contributed by atoms with van der Waals surface area (Å²) in [5.41, 5.74) is 16.8. The molecule has 0 fully saturated rings. The molecule has 0 bridgehead atoms. The molecule has 0 saturated carbocycles. The molecule has 10 aromatic carbocycles. The zero-order valence-electron chi connectivity index (χ0n) is 34.2. The molecule has 12 rings (SSSR count). The lowest BCUT2D eigenvalue weighted by Crippen LogP contribution is -2.17. The maximum absolute atomic E-state index is 2.45. The van der Waals surface area contributed by atoms with Gasteiger partial charge in [-0.15, -0.1) is 0 Å². The Labute approximate surface area is 356 Å². The topological polar surface area (TPSA) is 8.17 Å². The van der Waals surface area contributed by atoms with E-state index in [9.17, 15) is 0 Å². The second-order valence-electron chi connectivity index (χ2n) is 17.0. The van der Waals surface area contributed by atoms with Crippen molar-refractivity contribution >= 4 is 60.4 Å². The van der Waals surface area contributed by atoms with Gasteiger partial charge in [0.15, 0.2) is 0 Å². The van der Waals surface area contributed by atoms with Crippen molar-refractivity contribution in [1.82, 2.24) is 4.57 Å². The summed E-state index contributed by atoms with van der Waals surface area (Å²) in [5.74, 6) is 0. The first kappa shape index (κ1) is 35.3. The number of benzene rings is 10. The number of fused-ring (bicyclic) bond motifs is 8. The Bertz CT molecular complexity index is 3350. The normalized spacial score (nSPS) is 12.9. The minimum Gasteiger partial charge on any atom is -0.310 e. The summed E-state index contributed by atoms with van der Waals surface area (Å²) in [6.45, 7) is 4.78. The Morgan fingerprint density at radius 3 is 1.38 bits per heavy atom. The predicted molar refractivity (Wildman–Crippen MR) is 259 cm³/mol. The van der Waals surface area contributed by atoms with Gasteiger partial charge >= 0.3 is 0 Å². The molecule has 11 aromatic rings. The van der Waals surface area contributed by atoms with E-state index in [2.05, 4.69) is 242 Å². The van der Waals surface area contributed by atoms with Crippen LogP contribution in [0.5, 0.6) is 0 Å². The SMILES string of the molecule is CC1(C)c2cc(N(c3cccc(-c4ccc5ccccc5c4)c3)c3cccc(-c4ccc5ccccc5c4)c3)ccc2-c2ccc(-n3c4ccccc4c4ccccc43)cc21. The van der Waals surface area contributed by atoms with Crippen LogP contribution in [0.25, 0.3) is 82.4 Å². The number of rotatable bonds is 6. The lowest BCUT2D eigenvalue weighted by atomic mass is 9.82. The maximum Gasteiger partial charge on any atom is 0.0541 e. The van der Waals surface area contributed by atoms with E-state index in [1.807, 2.05) is 0 Å². The van der Waals surface area contributed by atoms with Crippen LogP contribution in [0.3, 0.4) is 0 Å². The average molecular weight is 779 g/mol. The van der Waals surface area contributed by atoms with Crippen molar-refractivity contribution in [2.45, 2.75) is 19.3 Å². The van der Waals surface area contributed by atoms with E-state index in [1.54, 1.807) is 0 Å². The van der Waals surface area contributed by atoms with Crippen molar-refractivity contribution in [3.05, 3.63) is 230 Å². The third-order valence-electron chi connectivity index (χ3n) is 13.1. The number of anilines is 3. The van der Waals surface area contributed by atoms with E-state index in [1.165, 1.54) is 93.5 Å². The van der Waals surface area contributed by atoms with Gasteiger partial charge in [-0.3, -0.25) is 0 Å². The lowest BCUT2D eigenvalue weighted by Gasteiger charge is -2.29. The molecule has 0 spiro atoms. The number of aromatic nitrogens is 1. The fourth-order valence-corrected chi connectivity index (χ4v) is 10.0. The molecule has 0 atom stereocenters. The van der Waals surface area contributed by atoms with Crippen LogP contribution in [0.1, 0.15) is 25.0 Å². The fourth-order valence-electron chi connectivity index (χ4n) is 10.0. The second-order valence-corrected chi connectivity index (χ2v) is 17.0. The molecule has 1 aromatic heterocycles. The molecule has 1 heterocycles. The molecule has 0 N–H and O–H groups in total. The second kappa shape index (κ2) is 13.7. The van der Waals surface area contributed by atoms with Gasteiger partial charge in [-0.1, -0.05) is 159 Å². The Hall–Kier alpha value is -7.68. The first-order chi connectivity index (χ1) is 30.0. The summed E-state index contributed by atoms with van der Waals surface area (Å²) in [6.07, 6.45) is 0. The molecule has 0 radical (unpaired) electrons. The molecule has 0 saturated heterocycles. The van der Waals surface area contributed by atoms with E-state index in [0.717, 1.165) is 17.1 Å². The summed E-state index contributed by atoms with van der Waals surface area (Å²) in [6, 6.07) is 80.5. The van der Waals surface area contributed by atoms with Crippen LogP contribution in [0.2, 0.25) is 0 Å². The van der Waals surface area contributed by atoms with Gasteiger partial charge in [0.1, 0.15) is 0 Å². The molecule has 1 aliphatic rings. The van der Waals surface area contributed by atoms with Crippen molar-refractivity contribution in [3.63, 3.8) is 0 Å². The molecule has 288 valence electrons. The number of nitrogens with zero attached hydrogens (tertiary/aromatic N) is 2. The highest BCUT2D eigenvalue weighted by Gasteiger charge is 2.36. The van der Waals surface area contributed by atoms with Crippen LogP contribution in [0, 0.1) is 0 Å². The van der Waals surface area contributed by atoms with E-state index in [4.69, 9.17) is 0 Å². The lowest BCUT2D eigenvalue weighted by molar-refractivity contribution is 0.660. The van der Waals surface area contributed by atoms with E-state index in [0.29, 0.717) is 0 Å². The van der Waals surface area contributed by atoms with Crippen molar-refractivity contribution in [3.8, 4) is 39.1 Å². The summed E-state index contributed by atoms with van der Waals surface area (Å²) >= 11 is 0. The molecule has 2 nitrogen and oxygen atoms in total. The monoisotopic (exact) mass is 778 g/mol. The molecule has 61 heavy (non-hydrogen) atoms. The highest BCUT2D eigenvalue weighted by molar-refractivity contribution is 6.09. The minimum atomic E-state index is -0.235. The Balaban J connectivity index is 0.998. The molecular weight excluding hydrogens is 737 g/mol. The van der Waals surface area contributed by atoms with Gasteiger partial charge in [0.25, 0.3) is 0 Å². The first-order valence-corrected chi connectivity index (χ1v) is 21.2. The number of hydrogen-bond acceptors (Lipinski definition) is 1. The quantitative estimate of drug-likeness (QED) is 0.163. The van der Waals surface area contributed by atoms with Crippen molar-refractivity contribution < 1.29 is 0 Å². The largest absolute Gasteiger partial charge is 0.310 e. The minimum absolute atomic E-state index is 0.235. The van der Waals surface area contributed by atoms with Crippen LogP contribution in [0.15, 0.2) is 218 Å². The molecule has 0 amide bonds. The zero-order valence-corrected chi connectivity index (χ0v) is 34.2. The zero-order chi connectivity index (χ0) is 40.7. The summed E-state index contributed by atoms with van der Waals surface area (Å²) < 4.78 is 2.43. The standard InChI is InChI=1S/C59H42N2/c1-59(2)55-37-49(29-31-51(55)52-32-30-50(38-56(52)59)61-57-23-9-7-21-53(57)54-22-8-10-24-58(54)61)60(47-19-11-17-43(35-47)45-27-25-39-13-3-5-15-41(39)33-45)48-20-12-18-44(36-48)46-28-26-40-14-4-6-16-42(40)34-46/h3-38H,1-2H3. The molecule has 0 aliphatic heterocycles. The van der Waals surface area contributed by atoms with Crippen LogP contribution in [-0.2, 0) is 5.41 Å². The molecule has 0 unspecified atom stereocenters. The third-order valence-corrected chi connectivity index (χ3v) is 13.1. The highest BCUT2D eigenvalue weighted by atomic mass is 15.1. The van der Waals surface area contributed by atoms with E-state index in [-0.39, 0.29) is 5.41 Å². The van der Waals surface area contributed by atoms with Crippen LogP contribution >= 0.6 is 0 Å². The Morgan fingerprint density at radius 2 is 0.803 bits per heavy atom. The van der Waals surface area contributed by atoms with Crippen LogP contribution in [-0.4, -0.2) is 4.57 Å². The summed E-state index contributed by atoms with van der Waals surface area (Å²) in [4.78, 5) is 2.44. The van der Waals surface area contributed by atoms with Gasteiger partial charge in [-0.25, -0.2) is 0 Å². The summed E-state index contributed by atoms with van der Waals surface area (Å²) in [5, 5.41) is 7.54. The van der Waals surface area contributed by atoms with Gasteiger partial charge in [0.05, 0.1) is 11.0 Å². The third kappa shape index (κ3) is 5.71. The molecule has 1 aliphatic carbocycles. The van der Waals surface area contributed by atoms with Gasteiger partial charge in [0, 0.05) is 38.9 Å². The first-order valence-electron chi connectivity index (χ1n) is 21.2.